The van der Waals surface area contributed by atoms with E-state index >= 15 is 0 Å². The number of rotatable bonds is 3. The molecular weight excluding hydrogens is 296 g/mol. The molecule has 6 nitrogen and oxygen atoms in total. The maximum Gasteiger partial charge on any atom is 0.335 e. The molecule has 6 heteroatoms. The van der Waals surface area contributed by atoms with Gasteiger partial charge in [0.2, 0.25) is 5.91 Å². The molecule has 2 N–H and O–H groups in total. The Morgan fingerprint density at radius 1 is 1.13 bits per heavy atom. The summed E-state index contributed by atoms with van der Waals surface area (Å²) in [5, 5.41) is 11.6. The molecular formula is C17H14N2O4. The first-order chi connectivity index (χ1) is 11.0. The normalized spacial score (nSPS) is 14.0. The molecule has 116 valence electrons. The highest BCUT2D eigenvalue weighted by molar-refractivity contribution is 6.09. The Morgan fingerprint density at radius 2 is 1.87 bits per heavy atom. The number of fused-ring (bicyclic) bond motifs is 1. The maximum atomic E-state index is 12.7. The van der Waals surface area contributed by atoms with Crippen LogP contribution in [0.15, 0.2) is 48.5 Å². The number of hydrogen-bond donors (Lipinski definition) is 2. The van der Waals surface area contributed by atoms with E-state index in [-0.39, 0.29) is 35.2 Å². The van der Waals surface area contributed by atoms with Gasteiger partial charge in [0.25, 0.3) is 5.91 Å². The van der Waals surface area contributed by atoms with Crippen LogP contribution in [0.3, 0.4) is 0 Å². The first-order valence-electron chi connectivity index (χ1n) is 7.05. The number of carboxylic acids is 1. The third-order valence-electron chi connectivity index (χ3n) is 3.61. The van der Waals surface area contributed by atoms with E-state index in [0.29, 0.717) is 6.54 Å². The molecule has 0 saturated heterocycles. The van der Waals surface area contributed by atoms with E-state index in [1.165, 1.54) is 23.1 Å². The molecule has 3 rings (SSSR count). The summed E-state index contributed by atoms with van der Waals surface area (Å²) < 4.78 is 0. The Kier molecular flexibility index (Phi) is 3.80. The lowest BCUT2D eigenvalue weighted by molar-refractivity contribution is -0.116. The highest BCUT2D eigenvalue weighted by atomic mass is 16.4. The molecule has 0 spiro atoms. The number of nitrogens with zero attached hydrogens (tertiary/aromatic N) is 1. The lowest BCUT2D eigenvalue weighted by atomic mass is 10.1. The van der Waals surface area contributed by atoms with Gasteiger partial charge < -0.3 is 15.3 Å². The van der Waals surface area contributed by atoms with Gasteiger partial charge in [-0.25, -0.2) is 4.79 Å². The Bertz CT molecular complexity index is 786. The van der Waals surface area contributed by atoms with Crippen LogP contribution in [0.1, 0.15) is 26.3 Å². The number of nitrogens with one attached hydrogen (secondary N) is 1. The Labute approximate surface area is 132 Å². The molecule has 0 aliphatic carbocycles. The lowest BCUT2D eigenvalue weighted by Gasteiger charge is -2.19. The lowest BCUT2D eigenvalue weighted by Crippen LogP contribution is -2.34. The van der Waals surface area contributed by atoms with E-state index in [0.717, 1.165) is 5.56 Å². The third-order valence-corrected chi connectivity index (χ3v) is 3.61. The van der Waals surface area contributed by atoms with E-state index < -0.39 is 5.97 Å². The minimum atomic E-state index is -1.11. The zero-order valence-electron chi connectivity index (χ0n) is 12.2. The molecule has 0 fully saturated rings. The van der Waals surface area contributed by atoms with Crippen LogP contribution in [-0.2, 0) is 11.3 Å². The Balaban J connectivity index is 1.95. The van der Waals surface area contributed by atoms with Gasteiger partial charge in [0.15, 0.2) is 0 Å². The molecule has 0 atom stereocenters. The van der Waals surface area contributed by atoms with E-state index in [9.17, 15) is 14.4 Å². The van der Waals surface area contributed by atoms with E-state index in [4.69, 9.17) is 5.11 Å². The molecule has 0 bridgehead atoms. The quantitative estimate of drug-likeness (QED) is 0.907. The zero-order chi connectivity index (χ0) is 16.4. The van der Waals surface area contributed by atoms with Crippen LogP contribution in [0.25, 0.3) is 0 Å². The second-order valence-electron chi connectivity index (χ2n) is 5.26. The first kappa shape index (κ1) is 14.8. The number of carbonyl (C=O) groups excluding carboxylic acids is 2. The van der Waals surface area contributed by atoms with Crippen LogP contribution in [0.4, 0.5) is 5.69 Å². The summed E-state index contributed by atoms with van der Waals surface area (Å²) in [4.78, 5) is 37.1. The number of benzene rings is 2. The second-order valence-corrected chi connectivity index (χ2v) is 5.26. The highest BCUT2D eigenvalue weighted by Gasteiger charge is 2.26. The molecule has 0 aromatic heterocycles. The third kappa shape index (κ3) is 3.06. The fraction of sp³-hybridized carbons (Fsp3) is 0.118. The average Bonchev–Trinajstić information content (AvgIpc) is 2.65. The van der Waals surface area contributed by atoms with Gasteiger partial charge in [-0.05, 0) is 23.8 Å². The van der Waals surface area contributed by atoms with Crippen molar-refractivity contribution >= 4 is 23.5 Å². The molecule has 0 unspecified atom stereocenters. The summed E-state index contributed by atoms with van der Waals surface area (Å²) in [5.41, 5.74) is 1.46. The van der Waals surface area contributed by atoms with Gasteiger partial charge in [0, 0.05) is 6.54 Å². The summed E-state index contributed by atoms with van der Waals surface area (Å²) in [7, 11) is 0. The van der Waals surface area contributed by atoms with Crippen molar-refractivity contribution in [1.82, 2.24) is 4.90 Å². The van der Waals surface area contributed by atoms with Crippen LogP contribution in [0.5, 0.6) is 0 Å². The fourth-order valence-corrected chi connectivity index (χ4v) is 2.50. The minimum Gasteiger partial charge on any atom is -0.478 e. The van der Waals surface area contributed by atoms with Crippen LogP contribution in [0.2, 0.25) is 0 Å². The number of carboxylic acid groups (broad SMARTS) is 1. The summed E-state index contributed by atoms with van der Waals surface area (Å²) in [6.07, 6.45) is 0. The van der Waals surface area contributed by atoms with Crippen molar-refractivity contribution in [1.29, 1.82) is 0 Å². The predicted octanol–water partition coefficient (Wildman–Crippen LogP) is 1.98. The molecule has 2 aromatic rings. The van der Waals surface area contributed by atoms with Crippen molar-refractivity contribution in [3.05, 3.63) is 65.2 Å². The summed E-state index contributed by atoms with van der Waals surface area (Å²) in [6, 6.07) is 13.5. The Hall–Kier alpha value is -3.15. The standard InChI is InChI=1S/C17H14N2O4/c20-15-10-19(9-11-4-2-1-3-5-11)16(21)13-7-6-12(17(22)23)8-14(13)18-15/h1-8H,9-10H2,(H,18,20)(H,22,23). The SMILES string of the molecule is O=C1CN(Cc2ccccc2)C(=O)c2ccc(C(=O)O)cc2N1. The second kappa shape index (κ2) is 5.92. The molecule has 2 aromatic carbocycles. The van der Waals surface area contributed by atoms with Crippen molar-refractivity contribution in [2.45, 2.75) is 6.54 Å². The zero-order valence-corrected chi connectivity index (χ0v) is 12.2. The van der Waals surface area contributed by atoms with E-state index in [1.807, 2.05) is 30.3 Å². The smallest absolute Gasteiger partial charge is 0.335 e. The number of anilines is 1. The number of aromatic carboxylic acids is 1. The van der Waals surface area contributed by atoms with Crippen LogP contribution in [-0.4, -0.2) is 34.3 Å². The molecule has 2 amide bonds. The summed E-state index contributed by atoms with van der Waals surface area (Å²) >= 11 is 0. The molecule has 0 saturated carbocycles. The summed E-state index contributed by atoms with van der Waals surface area (Å²) in [5.74, 6) is -1.77. The van der Waals surface area contributed by atoms with Gasteiger partial charge in [-0.3, -0.25) is 9.59 Å². The van der Waals surface area contributed by atoms with Gasteiger partial charge in [-0.2, -0.15) is 0 Å². The van der Waals surface area contributed by atoms with E-state index in [2.05, 4.69) is 5.32 Å². The monoisotopic (exact) mass is 310 g/mol. The minimum absolute atomic E-state index is 0.0216. The van der Waals surface area contributed by atoms with Gasteiger partial charge in [0.05, 0.1) is 16.8 Å². The molecule has 1 aliphatic heterocycles. The van der Waals surface area contributed by atoms with Gasteiger partial charge >= 0.3 is 5.97 Å². The van der Waals surface area contributed by atoms with E-state index in [1.54, 1.807) is 0 Å². The van der Waals surface area contributed by atoms with Crippen molar-refractivity contribution in [2.24, 2.45) is 0 Å². The number of hydrogen-bond acceptors (Lipinski definition) is 3. The largest absolute Gasteiger partial charge is 0.478 e. The van der Waals surface area contributed by atoms with Gasteiger partial charge in [0.1, 0.15) is 6.54 Å². The maximum absolute atomic E-state index is 12.7. The van der Waals surface area contributed by atoms with Crippen LogP contribution < -0.4 is 5.32 Å². The van der Waals surface area contributed by atoms with Crippen molar-refractivity contribution in [2.75, 3.05) is 11.9 Å². The molecule has 1 heterocycles. The highest BCUT2D eigenvalue weighted by Crippen LogP contribution is 2.23. The van der Waals surface area contributed by atoms with Crippen molar-refractivity contribution in [3.8, 4) is 0 Å². The number of amides is 2. The first-order valence-corrected chi connectivity index (χ1v) is 7.05. The summed E-state index contributed by atoms with van der Waals surface area (Å²) in [6.45, 7) is 0.234. The molecule has 0 radical (unpaired) electrons. The molecule has 1 aliphatic rings. The fourth-order valence-electron chi connectivity index (χ4n) is 2.50. The average molecular weight is 310 g/mol. The van der Waals surface area contributed by atoms with Gasteiger partial charge in [-0.15, -0.1) is 0 Å². The van der Waals surface area contributed by atoms with Crippen LogP contribution in [0, 0.1) is 0 Å². The van der Waals surface area contributed by atoms with Crippen molar-refractivity contribution in [3.63, 3.8) is 0 Å². The number of carbonyl (C=O) groups is 3. The van der Waals surface area contributed by atoms with Crippen LogP contribution >= 0.6 is 0 Å². The topological polar surface area (TPSA) is 86.7 Å². The van der Waals surface area contributed by atoms with Crippen molar-refractivity contribution < 1.29 is 19.5 Å². The Morgan fingerprint density at radius 3 is 2.57 bits per heavy atom. The molecule has 23 heavy (non-hydrogen) atoms. The predicted molar refractivity (Wildman–Crippen MR) is 83.2 cm³/mol. The van der Waals surface area contributed by atoms with Gasteiger partial charge in [-0.1, -0.05) is 30.3 Å².